The summed E-state index contributed by atoms with van der Waals surface area (Å²) >= 11 is 0. The Kier molecular flexibility index (Phi) is 10.5. The minimum atomic E-state index is -0.645. The minimum Gasteiger partial charge on any atom is -0.392 e. The molecule has 0 heterocycles. The second-order valence-corrected chi connectivity index (χ2v) is 7.96. The number of ketones is 1. The van der Waals surface area contributed by atoms with Crippen molar-refractivity contribution in [3.05, 3.63) is 60.2 Å². The van der Waals surface area contributed by atoms with Crippen LogP contribution in [0.4, 0.5) is 0 Å². The maximum atomic E-state index is 12.3. The van der Waals surface area contributed by atoms with Crippen LogP contribution in [0.25, 0.3) is 0 Å². The van der Waals surface area contributed by atoms with Gasteiger partial charge >= 0.3 is 0 Å². The lowest BCUT2D eigenvalue weighted by molar-refractivity contribution is -0.121. The molecular formula is C25H35NO4. The first-order valence-corrected chi connectivity index (χ1v) is 11.0. The SMILES string of the molecule is CCNC(=O)CCCC=CC[C@H]1[C@@H](O)CC(=O)[C@@H]1C=C[C@@H](O)CCc1ccccc1. The first-order valence-electron chi connectivity index (χ1n) is 11.0. The lowest BCUT2D eigenvalue weighted by atomic mass is 9.90. The molecule has 1 aromatic carbocycles. The lowest BCUT2D eigenvalue weighted by Gasteiger charge is -2.17. The minimum absolute atomic E-state index is 0.0312. The number of carbonyl (C=O) groups is 2. The standard InChI is InChI=1S/C25H35NO4/c1-2-26-25(30)13-9-4-3-8-12-21-22(24(29)18-23(21)28)17-16-20(27)15-14-19-10-6-5-7-11-19/h3,5-8,10-11,16-17,20-23,27-28H,2,4,9,12-15,18H2,1H3,(H,26,30)/t20-,21+,22+,23-/m0/s1. The molecule has 1 aliphatic carbocycles. The average Bonchev–Trinajstić information content (AvgIpc) is 3.00. The molecule has 1 aromatic rings. The van der Waals surface area contributed by atoms with E-state index in [0.29, 0.717) is 25.8 Å². The second kappa shape index (κ2) is 13.1. The number of Topliss-reactive ketones (excluding diaryl/α,β-unsaturated/α-hetero) is 1. The van der Waals surface area contributed by atoms with Crippen molar-refractivity contribution in [1.82, 2.24) is 5.32 Å². The van der Waals surface area contributed by atoms with E-state index < -0.39 is 12.2 Å². The van der Waals surface area contributed by atoms with E-state index in [4.69, 9.17) is 0 Å². The number of aryl methyl sites for hydroxylation is 1. The topological polar surface area (TPSA) is 86.6 Å². The van der Waals surface area contributed by atoms with Crippen molar-refractivity contribution in [2.24, 2.45) is 11.8 Å². The number of allylic oxidation sites excluding steroid dienone is 3. The number of hydrogen-bond donors (Lipinski definition) is 3. The van der Waals surface area contributed by atoms with Crippen LogP contribution in [0.5, 0.6) is 0 Å². The van der Waals surface area contributed by atoms with Crippen molar-refractivity contribution in [1.29, 1.82) is 0 Å². The van der Waals surface area contributed by atoms with Gasteiger partial charge in [0.25, 0.3) is 0 Å². The summed E-state index contributed by atoms with van der Waals surface area (Å²) in [6, 6.07) is 9.99. The Bertz CT molecular complexity index is 713. The van der Waals surface area contributed by atoms with E-state index in [-0.39, 0.29) is 29.9 Å². The number of amides is 1. The van der Waals surface area contributed by atoms with E-state index in [0.717, 1.165) is 19.3 Å². The monoisotopic (exact) mass is 413 g/mol. The third-order valence-electron chi connectivity index (χ3n) is 5.57. The Labute approximate surface area is 179 Å². The van der Waals surface area contributed by atoms with Gasteiger partial charge in [0.2, 0.25) is 5.91 Å². The maximum absolute atomic E-state index is 12.3. The highest BCUT2D eigenvalue weighted by Gasteiger charge is 2.39. The molecule has 0 aromatic heterocycles. The first kappa shape index (κ1) is 24.0. The van der Waals surface area contributed by atoms with Gasteiger partial charge in [-0.05, 0) is 44.6 Å². The summed E-state index contributed by atoms with van der Waals surface area (Å²) in [6.45, 7) is 2.55. The molecule has 5 nitrogen and oxygen atoms in total. The predicted molar refractivity (Wildman–Crippen MR) is 119 cm³/mol. The van der Waals surface area contributed by atoms with Crippen LogP contribution in [0.15, 0.2) is 54.6 Å². The summed E-state index contributed by atoms with van der Waals surface area (Å²) in [6.07, 6.45) is 10.5. The fourth-order valence-electron chi connectivity index (χ4n) is 3.87. The van der Waals surface area contributed by atoms with Gasteiger partial charge < -0.3 is 15.5 Å². The molecular weight excluding hydrogens is 378 g/mol. The van der Waals surface area contributed by atoms with Crippen molar-refractivity contribution in [2.75, 3.05) is 6.54 Å². The molecule has 4 atom stereocenters. The molecule has 5 heteroatoms. The van der Waals surface area contributed by atoms with E-state index in [1.54, 1.807) is 12.2 Å². The van der Waals surface area contributed by atoms with Gasteiger partial charge in [0.05, 0.1) is 12.2 Å². The zero-order valence-electron chi connectivity index (χ0n) is 17.9. The van der Waals surface area contributed by atoms with E-state index in [1.165, 1.54) is 5.56 Å². The van der Waals surface area contributed by atoms with Gasteiger partial charge in [0, 0.05) is 31.2 Å². The molecule has 0 spiro atoms. The first-order chi connectivity index (χ1) is 14.5. The van der Waals surface area contributed by atoms with Crippen LogP contribution in [0, 0.1) is 11.8 Å². The van der Waals surface area contributed by atoms with Crippen molar-refractivity contribution in [3.63, 3.8) is 0 Å². The zero-order chi connectivity index (χ0) is 21.8. The third kappa shape index (κ3) is 8.25. The smallest absolute Gasteiger partial charge is 0.219 e. The van der Waals surface area contributed by atoms with E-state index in [2.05, 4.69) is 5.32 Å². The fraction of sp³-hybridized carbons (Fsp3) is 0.520. The molecule has 164 valence electrons. The molecule has 1 aliphatic rings. The van der Waals surface area contributed by atoms with Gasteiger partial charge in [0.1, 0.15) is 5.78 Å². The van der Waals surface area contributed by atoms with Crippen LogP contribution in [-0.2, 0) is 16.0 Å². The van der Waals surface area contributed by atoms with Crippen molar-refractivity contribution in [2.45, 2.75) is 64.1 Å². The van der Waals surface area contributed by atoms with Crippen molar-refractivity contribution < 1.29 is 19.8 Å². The summed E-state index contributed by atoms with van der Waals surface area (Å²) in [5.41, 5.74) is 1.17. The summed E-state index contributed by atoms with van der Waals surface area (Å²) < 4.78 is 0. The number of benzene rings is 1. The van der Waals surface area contributed by atoms with Gasteiger partial charge in [-0.1, -0.05) is 54.6 Å². The number of carbonyl (C=O) groups excluding carboxylic acids is 2. The molecule has 1 amide bonds. The fourth-order valence-corrected chi connectivity index (χ4v) is 3.87. The van der Waals surface area contributed by atoms with Gasteiger partial charge in [-0.3, -0.25) is 9.59 Å². The molecule has 0 unspecified atom stereocenters. The van der Waals surface area contributed by atoms with Crippen LogP contribution in [-0.4, -0.2) is 40.7 Å². The summed E-state index contributed by atoms with van der Waals surface area (Å²) in [5, 5.41) is 23.3. The quantitative estimate of drug-likeness (QED) is 0.362. The number of hydrogen-bond acceptors (Lipinski definition) is 4. The molecule has 2 rings (SSSR count). The summed E-state index contributed by atoms with van der Waals surface area (Å²) in [4.78, 5) is 23.7. The Morgan fingerprint density at radius 1 is 1.27 bits per heavy atom. The molecule has 0 saturated heterocycles. The van der Waals surface area contributed by atoms with Gasteiger partial charge in [-0.25, -0.2) is 0 Å². The van der Waals surface area contributed by atoms with Crippen molar-refractivity contribution >= 4 is 11.7 Å². The molecule has 0 bridgehead atoms. The number of aliphatic hydroxyl groups excluding tert-OH is 2. The van der Waals surface area contributed by atoms with E-state index in [9.17, 15) is 19.8 Å². The molecule has 0 aliphatic heterocycles. The summed E-state index contributed by atoms with van der Waals surface area (Å²) in [7, 11) is 0. The third-order valence-corrected chi connectivity index (χ3v) is 5.57. The lowest BCUT2D eigenvalue weighted by Crippen LogP contribution is -2.21. The number of aliphatic hydroxyl groups is 2. The molecule has 1 fully saturated rings. The van der Waals surface area contributed by atoms with Crippen LogP contribution in [0.2, 0.25) is 0 Å². The van der Waals surface area contributed by atoms with E-state index in [1.807, 2.05) is 49.4 Å². The van der Waals surface area contributed by atoms with Gasteiger partial charge in [-0.15, -0.1) is 0 Å². The van der Waals surface area contributed by atoms with Crippen LogP contribution in [0.1, 0.15) is 51.0 Å². The van der Waals surface area contributed by atoms with Gasteiger partial charge in [0.15, 0.2) is 0 Å². The Morgan fingerprint density at radius 3 is 2.77 bits per heavy atom. The highest BCUT2D eigenvalue weighted by molar-refractivity contribution is 5.86. The molecule has 1 saturated carbocycles. The highest BCUT2D eigenvalue weighted by atomic mass is 16.3. The molecule has 30 heavy (non-hydrogen) atoms. The van der Waals surface area contributed by atoms with Crippen LogP contribution >= 0.6 is 0 Å². The van der Waals surface area contributed by atoms with Crippen LogP contribution < -0.4 is 5.32 Å². The predicted octanol–water partition coefficient (Wildman–Crippen LogP) is 3.36. The average molecular weight is 414 g/mol. The number of unbranched alkanes of at least 4 members (excludes halogenated alkanes) is 1. The zero-order valence-corrected chi connectivity index (χ0v) is 17.9. The number of rotatable bonds is 12. The highest BCUT2D eigenvalue weighted by Crippen LogP contribution is 2.33. The Balaban J connectivity index is 1.78. The molecule has 3 N–H and O–H groups in total. The van der Waals surface area contributed by atoms with Crippen molar-refractivity contribution in [3.8, 4) is 0 Å². The van der Waals surface area contributed by atoms with Gasteiger partial charge in [-0.2, -0.15) is 0 Å². The molecule has 0 radical (unpaired) electrons. The maximum Gasteiger partial charge on any atom is 0.219 e. The van der Waals surface area contributed by atoms with E-state index >= 15 is 0 Å². The summed E-state index contributed by atoms with van der Waals surface area (Å²) in [5.74, 6) is -0.413. The number of nitrogens with one attached hydrogen (secondary N) is 1. The van der Waals surface area contributed by atoms with Crippen LogP contribution in [0.3, 0.4) is 0 Å². The Hall–Kier alpha value is -2.24. The normalized spacial score (nSPS) is 22.8. The second-order valence-electron chi connectivity index (χ2n) is 7.96. The largest absolute Gasteiger partial charge is 0.392 e. The Morgan fingerprint density at radius 2 is 2.03 bits per heavy atom.